The average Bonchev–Trinajstić information content (AvgIpc) is 3.24. The van der Waals surface area contributed by atoms with Gasteiger partial charge in [0.2, 0.25) is 5.95 Å². The van der Waals surface area contributed by atoms with E-state index in [0.717, 1.165) is 28.3 Å². The molecule has 0 saturated carbocycles. The van der Waals surface area contributed by atoms with Gasteiger partial charge in [0.05, 0.1) is 5.69 Å². The summed E-state index contributed by atoms with van der Waals surface area (Å²) in [4.78, 5) is 19.2. The number of fused-ring (bicyclic) bond motifs is 1. The fraction of sp³-hybridized carbons (Fsp3) is 0.261. The SMILES string of the molecule is Cn1nc(-c2ccc(N3C[C@H]4[I-][C@@]4(C(F)F)C3)nc2)nc1Nc1ccc(-c2ccnc(N)n2)cc1. The van der Waals surface area contributed by atoms with Crippen LogP contribution in [0.3, 0.4) is 0 Å². The van der Waals surface area contributed by atoms with Gasteiger partial charge in [0.1, 0.15) is 0 Å². The summed E-state index contributed by atoms with van der Waals surface area (Å²) in [5, 5.41) is 7.76. The monoisotopic (exact) mass is 588 g/mol. The average molecular weight is 588 g/mol. The van der Waals surface area contributed by atoms with Gasteiger partial charge in [-0.15, -0.1) is 0 Å². The van der Waals surface area contributed by atoms with Gasteiger partial charge in [0.15, 0.2) is 0 Å². The van der Waals surface area contributed by atoms with Gasteiger partial charge < -0.3 is 5.73 Å². The Morgan fingerprint density at radius 1 is 1.09 bits per heavy atom. The molecule has 3 N–H and O–H groups in total. The van der Waals surface area contributed by atoms with Crippen molar-refractivity contribution in [2.75, 3.05) is 29.0 Å². The van der Waals surface area contributed by atoms with Crippen LogP contribution in [0.25, 0.3) is 22.6 Å². The van der Waals surface area contributed by atoms with E-state index in [-0.39, 0.29) is 31.1 Å². The van der Waals surface area contributed by atoms with Gasteiger partial charge in [-0.25, -0.2) is 9.97 Å². The third kappa shape index (κ3) is 4.05. The molecule has 9 nitrogen and oxygen atoms in total. The Hall–Kier alpha value is -3.42. The second-order valence-electron chi connectivity index (χ2n) is 8.47. The standard InChI is InChI=1S/C23H21F2IN9/c1-34-22(30-15-5-2-13(3-6-15)16-8-9-28-21(27)31-16)32-19(33-34)14-4-7-18(29-10-14)35-11-17-23(12-35,26-17)20(24)25/h2-10,17,20H,11-12H2,1H3,(H2,27,28,31)(H,30,32,33)/q-1/t17-,23+/m1/s1. The molecule has 2 fully saturated rings. The number of aromatic nitrogens is 6. The molecule has 2 saturated heterocycles. The van der Waals surface area contributed by atoms with E-state index in [4.69, 9.17) is 5.73 Å². The van der Waals surface area contributed by atoms with E-state index in [2.05, 4.69) is 30.4 Å². The van der Waals surface area contributed by atoms with Crippen LogP contribution in [0, 0.1) is 0 Å². The van der Waals surface area contributed by atoms with Crippen molar-refractivity contribution in [3.05, 3.63) is 54.9 Å². The second-order valence-corrected chi connectivity index (χ2v) is 12.6. The summed E-state index contributed by atoms with van der Waals surface area (Å²) in [6.07, 6.45) is 1.10. The van der Waals surface area contributed by atoms with Gasteiger partial charge >= 0.3 is 141 Å². The van der Waals surface area contributed by atoms with Gasteiger partial charge in [0.25, 0.3) is 0 Å². The first-order valence-electron chi connectivity index (χ1n) is 10.9. The first kappa shape index (κ1) is 22.1. The van der Waals surface area contributed by atoms with E-state index < -0.39 is 9.85 Å². The smallest absolute Gasteiger partial charge is 0.368 e. The number of nitrogens with two attached hydrogens (primary N) is 1. The number of halogens is 3. The van der Waals surface area contributed by atoms with Gasteiger partial charge in [-0.3, -0.25) is 0 Å². The minimum absolute atomic E-state index is 0.182. The van der Waals surface area contributed by atoms with Crippen molar-refractivity contribution in [3.8, 4) is 22.6 Å². The van der Waals surface area contributed by atoms with Gasteiger partial charge in [-0.2, -0.15) is 0 Å². The van der Waals surface area contributed by atoms with Crippen LogP contribution >= 0.6 is 0 Å². The number of nitrogen functional groups attached to an aromatic ring is 1. The molecule has 4 aromatic rings. The molecule has 12 heteroatoms. The van der Waals surface area contributed by atoms with E-state index in [0.29, 0.717) is 24.9 Å². The van der Waals surface area contributed by atoms with Gasteiger partial charge in [0, 0.05) is 11.8 Å². The third-order valence-corrected chi connectivity index (χ3v) is 10.5. The van der Waals surface area contributed by atoms with E-state index in [9.17, 15) is 8.78 Å². The molecule has 0 aliphatic carbocycles. The van der Waals surface area contributed by atoms with Crippen molar-refractivity contribution in [1.82, 2.24) is 29.7 Å². The van der Waals surface area contributed by atoms with E-state index in [1.54, 1.807) is 23.1 Å². The second kappa shape index (κ2) is 8.36. The normalized spacial score (nSPS) is 21.0. The number of alkyl halides is 4. The molecular weight excluding hydrogens is 567 g/mol. The number of rotatable bonds is 6. The Balaban J connectivity index is 1.15. The van der Waals surface area contributed by atoms with E-state index in [1.165, 1.54) is 0 Å². The van der Waals surface area contributed by atoms with Crippen LogP contribution in [0.15, 0.2) is 54.9 Å². The molecule has 0 spiro atoms. The Bertz CT molecular complexity index is 1380. The summed E-state index contributed by atoms with van der Waals surface area (Å²) in [7, 11) is 1.81. The van der Waals surface area contributed by atoms with Crippen LogP contribution < -0.4 is 37.2 Å². The quantitative estimate of drug-likeness (QED) is 0.239. The Kier molecular flexibility index (Phi) is 5.27. The number of hydrogen-bond acceptors (Lipinski definition) is 8. The molecule has 0 radical (unpaired) electrons. The number of anilines is 4. The summed E-state index contributed by atoms with van der Waals surface area (Å²) >= 11 is -0.389. The molecule has 2 aliphatic heterocycles. The van der Waals surface area contributed by atoms with E-state index >= 15 is 0 Å². The third-order valence-electron chi connectivity index (χ3n) is 6.19. The summed E-state index contributed by atoms with van der Waals surface area (Å²) in [6.45, 7) is 1.09. The molecule has 1 aromatic carbocycles. The minimum Gasteiger partial charge on any atom is -0.368 e. The fourth-order valence-electron chi connectivity index (χ4n) is 4.22. The van der Waals surface area contributed by atoms with Crippen molar-refractivity contribution in [2.24, 2.45) is 7.05 Å². The Labute approximate surface area is 210 Å². The zero-order valence-electron chi connectivity index (χ0n) is 18.6. The molecule has 2 aliphatic rings. The van der Waals surface area contributed by atoms with Gasteiger partial charge in [-0.1, -0.05) is 12.1 Å². The Morgan fingerprint density at radius 3 is 2.57 bits per heavy atom. The van der Waals surface area contributed by atoms with E-state index in [1.807, 2.05) is 48.3 Å². The number of hydrogen-bond donors (Lipinski definition) is 2. The topological polar surface area (TPSA) is 111 Å². The predicted molar refractivity (Wildman–Crippen MR) is 124 cm³/mol. The van der Waals surface area contributed by atoms with Crippen LogP contribution in [0.2, 0.25) is 0 Å². The zero-order chi connectivity index (χ0) is 24.2. The van der Waals surface area contributed by atoms with Crippen LogP contribution in [0.5, 0.6) is 0 Å². The molecule has 6 rings (SSSR count). The number of pyridine rings is 1. The van der Waals surface area contributed by atoms with Crippen LogP contribution in [0.1, 0.15) is 0 Å². The minimum atomic E-state index is -2.23. The molecule has 0 amide bonds. The summed E-state index contributed by atoms with van der Waals surface area (Å²) in [5.41, 5.74) is 8.94. The van der Waals surface area contributed by atoms with Crippen molar-refractivity contribution in [1.29, 1.82) is 0 Å². The number of aryl methyl sites for hydroxylation is 1. The molecule has 35 heavy (non-hydrogen) atoms. The summed E-state index contributed by atoms with van der Waals surface area (Å²) < 4.78 is 27.9. The van der Waals surface area contributed by atoms with Crippen LogP contribution in [0.4, 0.5) is 32.2 Å². The molecular formula is C23H21F2IN9-. The number of nitrogens with one attached hydrogen (secondary N) is 1. The molecule has 0 bridgehead atoms. The number of nitrogens with zero attached hydrogens (tertiary/aromatic N) is 7. The fourth-order valence-corrected chi connectivity index (χ4v) is 7.66. The van der Waals surface area contributed by atoms with Crippen LogP contribution in [-0.2, 0) is 7.05 Å². The van der Waals surface area contributed by atoms with Crippen molar-refractivity contribution >= 4 is 23.4 Å². The summed E-state index contributed by atoms with van der Waals surface area (Å²) in [6, 6.07) is 13.3. The first-order valence-corrected chi connectivity index (χ1v) is 13.2. The first-order chi connectivity index (χ1) is 16.9. The molecule has 0 unspecified atom stereocenters. The van der Waals surface area contributed by atoms with Crippen molar-refractivity contribution in [2.45, 2.75) is 13.8 Å². The van der Waals surface area contributed by atoms with Crippen molar-refractivity contribution < 1.29 is 30.0 Å². The molecule has 5 heterocycles. The predicted octanol–water partition coefficient (Wildman–Crippen LogP) is -0.0450. The molecule has 2 atom stereocenters. The number of benzene rings is 1. The zero-order valence-corrected chi connectivity index (χ0v) is 20.8. The van der Waals surface area contributed by atoms with Crippen molar-refractivity contribution in [3.63, 3.8) is 0 Å². The maximum atomic E-state index is 13.4. The Morgan fingerprint density at radius 2 is 1.89 bits per heavy atom. The summed E-state index contributed by atoms with van der Waals surface area (Å²) in [5.74, 6) is 2.06. The molecule has 180 valence electrons. The maximum absolute atomic E-state index is 13.4. The van der Waals surface area contributed by atoms with Crippen LogP contribution in [-0.4, -0.2) is 56.6 Å². The molecule has 3 aromatic heterocycles. The van der Waals surface area contributed by atoms with Gasteiger partial charge in [-0.05, 0) is 18.2 Å².